The minimum atomic E-state index is -0.325. The standard InChI is InChI=1S/C16H20N2O3S/c1-9(2)11(4)17-16(20)14-10(3)8-13(22-14)18-15(19)12-6-5-7-21-12/h5-9,11H,1-4H3,(H,17,20)(H,18,19). The Balaban J connectivity index is 2.08. The molecule has 2 aromatic rings. The SMILES string of the molecule is Cc1cc(NC(=O)c2ccco2)sc1C(=O)NC(C)C(C)C. The molecule has 2 rings (SSSR count). The molecule has 0 aliphatic rings. The van der Waals surface area contributed by atoms with E-state index >= 15 is 0 Å². The van der Waals surface area contributed by atoms with Gasteiger partial charge in [0.25, 0.3) is 11.8 Å². The minimum Gasteiger partial charge on any atom is -0.459 e. The zero-order chi connectivity index (χ0) is 16.3. The summed E-state index contributed by atoms with van der Waals surface area (Å²) in [6.45, 7) is 7.95. The first-order valence-electron chi connectivity index (χ1n) is 7.14. The Hall–Kier alpha value is -2.08. The van der Waals surface area contributed by atoms with E-state index in [1.165, 1.54) is 17.6 Å². The lowest BCUT2D eigenvalue weighted by atomic mass is 10.1. The quantitative estimate of drug-likeness (QED) is 0.883. The summed E-state index contributed by atoms with van der Waals surface area (Å²) in [5, 5.41) is 6.34. The van der Waals surface area contributed by atoms with Crippen molar-refractivity contribution in [2.75, 3.05) is 5.32 Å². The van der Waals surface area contributed by atoms with Crippen LogP contribution in [0.15, 0.2) is 28.9 Å². The molecule has 0 aromatic carbocycles. The lowest BCUT2D eigenvalue weighted by Crippen LogP contribution is -2.35. The Morgan fingerprint density at radius 1 is 1.23 bits per heavy atom. The van der Waals surface area contributed by atoms with Gasteiger partial charge in [-0.15, -0.1) is 11.3 Å². The van der Waals surface area contributed by atoms with E-state index in [-0.39, 0.29) is 23.6 Å². The van der Waals surface area contributed by atoms with Gasteiger partial charge >= 0.3 is 0 Å². The van der Waals surface area contributed by atoms with Gasteiger partial charge in [0.1, 0.15) is 0 Å². The van der Waals surface area contributed by atoms with Crippen molar-refractivity contribution < 1.29 is 14.0 Å². The maximum atomic E-state index is 12.3. The number of thiophene rings is 1. The molecule has 2 aromatic heterocycles. The second kappa shape index (κ2) is 6.79. The Morgan fingerprint density at radius 2 is 1.95 bits per heavy atom. The number of rotatable bonds is 5. The van der Waals surface area contributed by atoms with Gasteiger partial charge in [0, 0.05) is 6.04 Å². The molecule has 0 aliphatic heterocycles. The van der Waals surface area contributed by atoms with Gasteiger partial charge in [-0.05, 0) is 43.5 Å². The summed E-state index contributed by atoms with van der Waals surface area (Å²) in [5.41, 5.74) is 0.841. The highest BCUT2D eigenvalue weighted by Gasteiger charge is 2.18. The molecule has 5 nitrogen and oxygen atoms in total. The number of carbonyl (C=O) groups is 2. The van der Waals surface area contributed by atoms with Crippen LogP contribution in [-0.2, 0) is 0 Å². The zero-order valence-corrected chi connectivity index (χ0v) is 13.9. The summed E-state index contributed by atoms with van der Waals surface area (Å²) in [6.07, 6.45) is 1.45. The Bertz CT molecular complexity index is 659. The van der Waals surface area contributed by atoms with Crippen molar-refractivity contribution in [3.8, 4) is 0 Å². The Kier molecular flexibility index (Phi) is 5.03. The molecule has 1 atom stereocenters. The predicted molar refractivity (Wildman–Crippen MR) is 87.5 cm³/mol. The molecule has 6 heteroatoms. The Labute approximate surface area is 133 Å². The number of furan rings is 1. The second-order valence-electron chi connectivity index (χ2n) is 5.56. The molecule has 2 heterocycles. The molecule has 0 fully saturated rings. The van der Waals surface area contributed by atoms with Crippen LogP contribution in [0.25, 0.3) is 0 Å². The molecule has 1 unspecified atom stereocenters. The van der Waals surface area contributed by atoms with Gasteiger partial charge in [-0.25, -0.2) is 0 Å². The van der Waals surface area contributed by atoms with E-state index in [9.17, 15) is 9.59 Å². The van der Waals surface area contributed by atoms with Crippen molar-refractivity contribution in [2.45, 2.75) is 33.7 Å². The zero-order valence-electron chi connectivity index (χ0n) is 13.1. The van der Waals surface area contributed by atoms with Crippen molar-refractivity contribution in [3.63, 3.8) is 0 Å². The van der Waals surface area contributed by atoms with Gasteiger partial charge in [0.15, 0.2) is 5.76 Å². The van der Waals surface area contributed by atoms with E-state index < -0.39 is 0 Å². The van der Waals surface area contributed by atoms with Gasteiger partial charge in [0.2, 0.25) is 0 Å². The van der Waals surface area contributed by atoms with Gasteiger partial charge in [-0.2, -0.15) is 0 Å². The van der Waals surface area contributed by atoms with Crippen molar-refractivity contribution in [1.29, 1.82) is 0 Å². The van der Waals surface area contributed by atoms with Gasteiger partial charge in [-0.3, -0.25) is 9.59 Å². The van der Waals surface area contributed by atoms with E-state index in [2.05, 4.69) is 24.5 Å². The fourth-order valence-electron chi connectivity index (χ4n) is 1.79. The third-order valence-electron chi connectivity index (χ3n) is 3.46. The number of aryl methyl sites for hydroxylation is 1. The van der Waals surface area contributed by atoms with Crippen LogP contribution in [0.1, 0.15) is 46.6 Å². The highest BCUT2D eigenvalue weighted by Crippen LogP contribution is 2.27. The summed E-state index contributed by atoms with van der Waals surface area (Å²) in [6, 6.07) is 5.13. The van der Waals surface area contributed by atoms with E-state index in [4.69, 9.17) is 4.42 Å². The number of anilines is 1. The monoisotopic (exact) mass is 320 g/mol. The molecule has 118 valence electrons. The topological polar surface area (TPSA) is 71.3 Å². The first-order chi connectivity index (χ1) is 10.4. The molecule has 2 amide bonds. The third kappa shape index (κ3) is 3.76. The van der Waals surface area contributed by atoms with Crippen LogP contribution in [0.4, 0.5) is 5.00 Å². The lowest BCUT2D eigenvalue weighted by molar-refractivity contribution is 0.0933. The maximum Gasteiger partial charge on any atom is 0.291 e. The van der Waals surface area contributed by atoms with Crippen LogP contribution in [0.5, 0.6) is 0 Å². The molecule has 0 aliphatic carbocycles. The van der Waals surface area contributed by atoms with E-state index in [0.717, 1.165) is 5.56 Å². The summed E-state index contributed by atoms with van der Waals surface area (Å²) in [4.78, 5) is 24.8. The summed E-state index contributed by atoms with van der Waals surface area (Å²) >= 11 is 1.26. The average Bonchev–Trinajstić information content (AvgIpc) is 3.08. The number of hydrogen-bond acceptors (Lipinski definition) is 4. The number of carbonyl (C=O) groups excluding carboxylic acids is 2. The van der Waals surface area contributed by atoms with Crippen LogP contribution >= 0.6 is 11.3 Å². The molecule has 0 saturated heterocycles. The van der Waals surface area contributed by atoms with Gasteiger partial charge in [-0.1, -0.05) is 13.8 Å². The Morgan fingerprint density at radius 3 is 2.55 bits per heavy atom. The number of amides is 2. The van der Waals surface area contributed by atoms with E-state index in [0.29, 0.717) is 15.8 Å². The molecule has 0 spiro atoms. The first kappa shape index (κ1) is 16.3. The molecular weight excluding hydrogens is 300 g/mol. The van der Waals surface area contributed by atoms with Crippen LogP contribution in [-0.4, -0.2) is 17.9 Å². The van der Waals surface area contributed by atoms with Crippen LogP contribution in [0.2, 0.25) is 0 Å². The highest BCUT2D eigenvalue weighted by molar-refractivity contribution is 7.18. The minimum absolute atomic E-state index is 0.0927. The summed E-state index contributed by atoms with van der Waals surface area (Å²) in [7, 11) is 0. The molecule has 0 bridgehead atoms. The molecular formula is C16H20N2O3S. The van der Waals surface area contributed by atoms with Gasteiger partial charge in [0.05, 0.1) is 16.1 Å². The van der Waals surface area contributed by atoms with E-state index in [1.54, 1.807) is 18.2 Å². The second-order valence-corrected chi connectivity index (χ2v) is 6.61. The van der Waals surface area contributed by atoms with Crippen LogP contribution in [0.3, 0.4) is 0 Å². The van der Waals surface area contributed by atoms with Crippen molar-refractivity contribution >= 4 is 28.2 Å². The molecule has 0 radical (unpaired) electrons. The summed E-state index contributed by atoms with van der Waals surface area (Å²) in [5.74, 6) is 0.170. The largest absolute Gasteiger partial charge is 0.459 e. The van der Waals surface area contributed by atoms with Crippen LogP contribution in [0, 0.1) is 12.8 Å². The maximum absolute atomic E-state index is 12.3. The first-order valence-corrected chi connectivity index (χ1v) is 7.96. The molecule has 22 heavy (non-hydrogen) atoms. The fourth-order valence-corrected chi connectivity index (χ4v) is 2.76. The molecule has 0 saturated carbocycles. The van der Waals surface area contributed by atoms with E-state index in [1.807, 2.05) is 13.8 Å². The van der Waals surface area contributed by atoms with Crippen molar-refractivity contribution in [1.82, 2.24) is 5.32 Å². The predicted octanol–water partition coefficient (Wildman–Crippen LogP) is 3.68. The molecule has 2 N–H and O–H groups in total. The van der Waals surface area contributed by atoms with Crippen LogP contribution < -0.4 is 10.6 Å². The third-order valence-corrected chi connectivity index (χ3v) is 4.62. The smallest absolute Gasteiger partial charge is 0.291 e. The van der Waals surface area contributed by atoms with Gasteiger partial charge < -0.3 is 15.1 Å². The van der Waals surface area contributed by atoms with Crippen molar-refractivity contribution in [3.05, 3.63) is 40.7 Å². The fraction of sp³-hybridized carbons (Fsp3) is 0.375. The highest BCUT2D eigenvalue weighted by atomic mass is 32.1. The lowest BCUT2D eigenvalue weighted by Gasteiger charge is -2.16. The summed E-state index contributed by atoms with van der Waals surface area (Å²) < 4.78 is 5.04. The number of nitrogens with one attached hydrogen (secondary N) is 2. The number of hydrogen-bond donors (Lipinski definition) is 2. The normalized spacial score (nSPS) is 12.2. The van der Waals surface area contributed by atoms with Crippen molar-refractivity contribution in [2.24, 2.45) is 5.92 Å². The average molecular weight is 320 g/mol.